The van der Waals surface area contributed by atoms with Gasteiger partial charge in [0.2, 0.25) is 0 Å². The number of aromatic nitrogens is 1. The summed E-state index contributed by atoms with van der Waals surface area (Å²) in [6, 6.07) is 13.2. The predicted octanol–water partition coefficient (Wildman–Crippen LogP) is 4.62. The van der Waals surface area contributed by atoms with Gasteiger partial charge in [0, 0.05) is 23.1 Å². The molecular weight excluding hydrogens is 332 g/mol. The van der Waals surface area contributed by atoms with Gasteiger partial charge in [-0.05, 0) is 63.8 Å². The molecule has 0 saturated heterocycles. The highest BCUT2D eigenvalue weighted by molar-refractivity contribution is 9.11. The predicted molar refractivity (Wildman–Crippen MR) is 90.4 cm³/mol. The minimum atomic E-state index is 0.937. The van der Waals surface area contributed by atoms with Crippen LogP contribution >= 0.6 is 27.3 Å². The van der Waals surface area contributed by atoms with E-state index in [1.165, 1.54) is 25.1 Å². The number of thiophene rings is 1. The molecule has 4 heteroatoms. The molecule has 0 saturated carbocycles. The molecule has 20 heavy (non-hydrogen) atoms. The molecule has 1 N–H and O–H groups in total. The number of halogens is 1. The van der Waals surface area contributed by atoms with E-state index in [-0.39, 0.29) is 0 Å². The zero-order valence-electron chi connectivity index (χ0n) is 11.4. The van der Waals surface area contributed by atoms with Crippen LogP contribution in [0.15, 0.2) is 46.4 Å². The first kappa shape index (κ1) is 13.9. The number of nitrogens with one attached hydrogen (secondary N) is 1. The van der Waals surface area contributed by atoms with E-state index in [0.29, 0.717) is 0 Å². The van der Waals surface area contributed by atoms with Crippen LogP contribution in [0.3, 0.4) is 0 Å². The van der Waals surface area contributed by atoms with Crippen molar-refractivity contribution < 1.29 is 0 Å². The van der Waals surface area contributed by atoms with E-state index in [9.17, 15) is 0 Å². The maximum Gasteiger partial charge on any atom is 0.0702 e. The van der Waals surface area contributed by atoms with Crippen LogP contribution in [0.25, 0.3) is 10.9 Å². The van der Waals surface area contributed by atoms with Gasteiger partial charge in [0.25, 0.3) is 0 Å². The summed E-state index contributed by atoms with van der Waals surface area (Å²) in [5.74, 6) is 0. The standard InChI is InChI=1S/C16H17BrN2S/c1-2-18-10-12-3-5-15-13(9-12)7-8-19(15)11-14-4-6-16(17)20-14/h3-9,18H,2,10-11H2,1H3. The molecular formula is C16H17BrN2S. The van der Waals surface area contributed by atoms with Crippen LogP contribution < -0.4 is 5.32 Å². The van der Waals surface area contributed by atoms with Crippen LogP contribution in [-0.4, -0.2) is 11.1 Å². The lowest BCUT2D eigenvalue weighted by Crippen LogP contribution is -2.11. The first-order valence-electron chi connectivity index (χ1n) is 6.79. The summed E-state index contributed by atoms with van der Waals surface area (Å²) in [6.07, 6.45) is 2.18. The molecule has 0 radical (unpaired) electrons. The molecule has 0 amide bonds. The van der Waals surface area contributed by atoms with Crippen molar-refractivity contribution in [1.29, 1.82) is 0 Å². The fourth-order valence-corrected chi connectivity index (χ4v) is 3.85. The van der Waals surface area contributed by atoms with E-state index in [2.05, 4.69) is 75.3 Å². The average Bonchev–Trinajstić information content (AvgIpc) is 3.04. The number of hydrogen-bond donors (Lipinski definition) is 1. The van der Waals surface area contributed by atoms with Gasteiger partial charge in [-0.15, -0.1) is 11.3 Å². The van der Waals surface area contributed by atoms with Gasteiger partial charge < -0.3 is 9.88 Å². The molecule has 2 heterocycles. The lowest BCUT2D eigenvalue weighted by atomic mass is 10.1. The van der Waals surface area contributed by atoms with E-state index in [4.69, 9.17) is 0 Å². The Labute approximate surface area is 131 Å². The molecule has 0 bridgehead atoms. The minimum absolute atomic E-state index is 0.937. The summed E-state index contributed by atoms with van der Waals surface area (Å²) < 4.78 is 3.50. The summed E-state index contributed by atoms with van der Waals surface area (Å²) in [4.78, 5) is 1.37. The van der Waals surface area contributed by atoms with Crippen molar-refractivity contribution in [3.8, 4) is 0 Å². The first-order chi connectivity index (χ1) is 9.76. The molecule has 0 aliphatic carbocycles. The molecule has 1 aromatic carbocycles. The number of benzene rings is 1. The number of rotatable bonds is 5. The SMILES string of the molecule is CCNCc1ccc2c(ccn2Cc2ccc(Br)s2)c1. The third-order valence-corrected chi connectivity index (χ3v) is 4.98. The largest absolute Gasteiger partial charge is 0.342 e. The fraction of sp³-hybridized carbons (Fsp3) is 0.250. The summed E-state index contributed by atoms with van der Waals surface area (Å²) in [5.41, 5.74) is 2.64. The van der Waals surface area contributed by atoms with Crippen LogP contribution in [0.5, 0.6) is 0 Å². The van der Waals surface area contributed by atoms with Gasteiger partial charge in [0.15, 0.2) is 0 Å². The summed E-state index contributed by atoms with van der Waals surface area (Å²) in [5, 5.41) is 4.68. The van der Waals surface area contributed by atoms with E-state index in [0.717, 1.165) is 19.6 Å². The van der Waals surface area contributed by atoms with Gasteiger partial charge in [0.05, 0.1) is 10.3 Å². The molecule has 0 unspecified atom stereocenters. The zero-order chi connectivity index (χ0) is 13.9. The van der Waals surface area contributed by atoms with Gasteiger partial charge >= 0.3 is 0 Å². The molecule has 0 aliphatic heterocycles. The van der Waals surface area contributed by atoms with Crippen LogP contribution in [0.2, 0.25) is 0 Å². The first-order valence-corrected chi connectivity index (χ1v) is 8.40. The quantitative estimate of drug-likeness (QED) is 0.711. The Morgan fingerprint density at radius 2 is 2.10 bits per heavy atom. The van der Waals surface area contributed by atoms with Gasteiger partial charge in [-0.2, -0.15) is 0 Å². The lowest BCUT2D eigenvalue weighted by molar-refractivity contribution is 0.727. The van der Waals surface area contributed by atoms with Crippen molar-refractivity contribution in [2.75, 3.05) is 6.54 Å². The van der Waals surface area contributed by atoms with Crippen molar-refractivity contribution >= 4 is 38.2 Å². The molecule has 0 spiro atoms. The number of hydrogen-bond acceptors (Lipinski definition) is 2. The Morgan fingerprint density at radius 3 is 2.85 bits per heavy atom. The second-order valence-corrected chi connectivity index (χ2v) is 7.37. The molecule has 0 aliphatic rings. The second kappa shape index (κ2) is 6.12. The Bertz CT molecular complexity index is 714. The molecule has 3 aromatic rings. The van der Waals surface area contributed by atoms with Gasteiger partial charge in [-0.25, -0.2) is 0 Å². The minimum Gasteiger partial charge on any atom is -0.342 e. The highest BCUT2D eigenvalue weighted by Gasteiger charge is 2.04. The molecule has 2 aromatic heterocycles. The van der Waals surface area contributed by atoms with Crippen LogP contribution in [0.1, 0.15) is 17.4 Å². The molecule has 104 valence electrons. The molecule has 0 atom stereocenters. The van der Waals surface area contributed by atoms with Gasteiger partial charge in [0.1, 0.15) is 0 Å². The smallest absolute Gasteiger partial charge is 0.0702 e. The van der Waals surface area contributed by atoms with Crippen molar-refractivity contribution in [3.63, 3.8) is 0 Å². The second-order valence-electron chi connectivity index (χ2n) is 4.82. The van der Waals surface area contributed by atoms with E-state index >= 15 is 0 Å². The zero-order valence-corrected chi connectivity index (χ0v) is 13.8. The highest BCUT2D eigenvalue weighted by atomic mass is 79.9. The topological polar surface area (TPSA) is 17.0 Å². The molecule has 0 fully saturated rings. The van der Waals surface area contributed by atoms with Crippen molar-refractivity contribution in [2.45, 2.75) is 20.0 Å². The van der Waals surface area contributed by atoms with E-state index in [1.807, 2.05) is 0 Å². The molecule has 3 rings (SSSR count). The molecule has 2 nitrogen and oxygen atoms in total. The Hall–Kier alpha value is -1.10. The summed E-state index contributed by atoms with van der Waals surface area (Å²) in [6.45, 7) is 5.02. The van der Waals surface area contributed by atoms with Crippen molar-refractivity contribution in [3.05, 3.63) is 56.8 Å². The summed E-state index contributed by atoms with van der Waals surface area (Å²) >= 11 is 5.32. The third-order valence-electron chi connectivity index (χ3n) is 3.37. The normalized spacial score (nSPS) is 11.3. The van der Waals surface area contributed by atoms with Crippen LogP contribution in [0, 0.1) is 0 Å². The van der Waals surface area contributed by atoms with Gasteiger partial charge in [-0.3, -0.25) is 0 Å². The monoisotopic (exact) mass is 348 g/mol. The average molecular weight is 349 g/mol. The Morgan fingerprint density at radius 1 is 1.20 bits per heavy atom. The van der Waals surface area contributed by atoms with Crippen molar-refractivity contribution in [1.82, 2.24) is 9.88 Å². The Balaban J connectivity index is 1.85. The number of nitrogens with zero attached hydrogens (tertiary/aromatic N) is 1. The summed E-state index contributed by atoms with van der Waals surface area (Å²) in [7, 11) is 0. The third kappa shape index (κ3) is 2.97. The maximum atomic E-state index is 3.52. The van der Waals surface area contributed by atoms with E-state index < -0.39 is 0 Å². The lowest BCUT2D eigenvalue weighted by Gasteiger charge is -2.05. The Kier molecular flexibility index (Phi) is 4.24. The van der Waals surface area contributed by atoms with E-state index in [1.54, 1.807) is 11.3 Å². The fourth-order valence-electron chi connectivity index (χ4n) is 2.37. The maximum absolute atomic E-state index is 3.52. The van der Waals surface area contributed by atoms with Crippen LogP contribution in [0.4, 0.5) is 0 Å². The van der Waals surface area contributed by atoms with Crippen LogP contribution in [-0.2, 0) is 13.1 Å². The highest BCUT2D eigenvalue weighted by Crippen LogP contribution is 2.25. The van der Waals surface area contributed by atoms with Crippen molar-refractivity contribution in [2.24, 2.45) is 0 Å². The van der Waals surface area contributed by atoms with Gasteiger partial charge in [-0.1, -0.05) is 13.0 Å². The number of fused-ring (bicyclic) bond motifs is 1.